The molecule has 0 atom stereocenters. The van der Waals surface area contributed by atoms with Crippen LogP contribution >= 0.6 is 0 Å². The minimum absolute atomic E-state index is 0.141. The summed E-state index contributed by atoms with van der Waals surface area (Å²) in [4.78, 5) is 24.0. The number of esters is 1. The van der Waals surface area contributed by atoms with Crippen LogP contribution in [0.5, 0.6) is 0 Å². The van der Waals surface area contributed by atoms with Crippen molar-refractivity contribution in [3.63, 3.8) is 0 Å². The highest BCUT2D eigenvalue weighted by Crippen LogP contribution is 1.92. The molecule has 0 saturated carbocycles. The molecule has 0 saturated heterocycles. The predicted octanol–water partition coefficient (Wildman–Crippen LogP) is 1.38. The van der Waals surface area contributed by atoms with Gasteiger partial charge in [0.05, 0.1) is 13.0 Å². The molecular formula is C11H22N2O3. The number of unbranched alkanes of at least 4 members (excludes halogenated alkanes) is 1. The second kappa shape index (κ2) is 9.00. The Morgan fingerprint density at radius 3 is 2.56 bits per heavy atom. The Hall–Kier alpha value is -1.26. The van der Waals surface area contributed by atoms with E-state index in [4.69, 9.17) is 4.74 Å². The van der Waals surface area contributed by atoms with E-state index in [0.717, 1.165) is 12.8 Å². The molecule has 0 fully saturated rings. The average molecular weight is 230 g/mol. The Morgan fingerprint density at radius 2 is 2.00 bits per heavy atom. The Morgan fingerprint density at radius 1 is 1.31 bits per heavy atom. The molecule has 16 heavy (non-hydrogen) atoms. The Balaban J connectivity index is 3.66. The third kappa shape index (κ3) is 7.09. The number of carbonyl (C=O) groups excluding carboxylic acids is 2. The smallest absolute Gasteiger partial charge is 0.317 e. The van der Waals surface area contributed by atoms with Crippen molar-refractivity contribution in [1.82, 2.24) is 10.2 Å². The first-order valence-electron chi connectivity index (χ1n) is 5.76. The summed E-state index contributed by atoms with van der Waals surface area (Å²) in [6.07, 6.45) is 2.26. The molecule has 0 aliphatic rings. The number of carbonyl (C=O) groups is 2. The van der Waals surface area contributed by atoms with E-state index in [2.05, 4.69) is 12.2 Å². The zero-order valence-corrected chi connectivity index (χ0v) is 10.4. The molecule has 1 N–H and O–H groups in total. The van der Waals surface area contributed by atoms with E-state index in [1.165, 1.54) is 4.90 Å². The lowest BCUT2D eigenvalue weighted by Gasteiger charge is -2.17. The van der Waals surface area contributed by atoms with Gasteiger partial charge in [-0.1, -0.05) is 13.3 Å². The first-order chi connectivity index (χ1) is 7.61. The Kier molecular flexibility index (Phi) is 8.29. The molecule has 0 aromatic carbocycles. The molecule has 0 spiro atoms. The number of ether oxygens (including phenoxy) is 1. The van der Waals surface area contributed by atoms with Gasteiger partial charge in [0.1, 0.15) is 0 Å². The molecule has 0 aromatic rings. The van der Waals surface area contributed by atoms with E-state index in [9.17, 15) is 9.59 Å². The predicted molar refractivity (Wildman–Crippen MR) is 62.2 cm³/mol. The maximum Gasteiger partial charge on any atom is 0.317 e. The largest absolute Gasteiger partial charge is 0.466 e. The Labute approximate surface area is 97.1 Å². The highest BCUT2D eigenvalue weighted by atomic mass is 16.5. The SMILES string of the molecule is CCCCNC(=O)N(C)CCC(=O)OCC. The molecule has 0 radical (unpaired) electrons. The number of nitrogens with zero attached hydrogens (tertiary/aromatic N) is 1. The van der Waals surface area contributed by atoms with Crippen LogP contribution in [0.25, 0.3) is 0 Å². The quantitative estimate of drug-likeness (QED) is 0.531. The van der Waals surface area contributed by atoms with Crippen molar-refractivity contribution < 1.29 is 14.3 Å². The van der Waals surface area contributed by atoms with Crippen LogP contribution in [0.3, 0.4) is 0 Å². The van der Waals surface area contributed by atoms with Crippen molar-refractivity contribution >= 4 is 12.0 Å². The van der Waals surface area contributed by atoms with Gasteiger partial charge in [-0.05, 0) is 13.3 Å². The molecule has 5 heteroatoms. The van der Waals surface area contributed by atoms with Crippen LogP contribution in [0.1, 0.15) is 33.1 Å². The third-order valence-corrected chi connectivity index (χ3v) is 2.11. The second-order valence-electron chi connectivity index (χ2n) is 3.56. The van der Waals surface area contributed by atoms with Crippen molar-refractivity contribution in [2.45, 2.75) is 33.1 Å². The maximum atomic E-state index is 11.5. The summed E-state index contributed by atoms with van der Waals surface area (Å²) in [7, 11) is 1.67. The number of nitrogens with one attached hydrogen (secondary N) is 1. The van der Waals surface area contributed by atoms with Crippen LogP contribution in [0, 0.1) is 0 Å². The first-order valence-corrected chi connectivity index (χ1v) is 5.76. The van der Waals surface area contributed by atoms with Crippen molar-refractivity contribution in [2.24, 2.45) is 0 Å². The number of hydrogen-bond acceptors (Lipinski definition) is 3. The fraction of sp³-hybridized carbons (Fsp3) is 0.818. The van der Waals surface area contributed by atoms with Gasteiger partial charge < -0.3 is 15.0 Å². The van der Waals surface area contributed by atoms with Gasteiger partial charge in [-0.2, -0.15) is 0 Å². The van der Waals surface area contributed by atoms with Crippen molar-refractivity contribution in [3.05, 3.63) is 0 Å². The van der Waals surface area contributed by atoms with Gasteiger partial charge in [-0.15, -0.1) is 0 Å². The lowest BCUT2D eigenvalue weighted by molar-refractivity contribution is -0.143. The minimum atomic E-state index is -0.268. The van der Waals surface area contributed by atoms with E-state index >= 15 is 0 Å². The molecule has 0 aliphatic carbocycles. The lowest BCUT2D eigenvalue weighted by atomic mass is 10.3. The van der Waals surface area contributed by atoms with Gasteiger partial charge >= 0.3 is 12.0 Å². The molecule has 0 aliphatic heterocycles. The summed E-state index contributed by atoms with van der Waals surface area (Å²) in [6.45, 7) is 5.27. The van der Waals surface area contributed by atoms with E-state index in [-0.39, 0.29) is 18.4 Å². The van der Waals surface area contributed by atoms with Crippen molar-refractivity contribution in [1.29, 1.82) is 0 Å². The average Bonchev–Trinajstić information content (AvgIpc) is 2.26. The standard InChI is InChI=1S/C11H22N2O3/c1-4-6-8-12-11(15)13(3)9-7-10(14)16-5-2/h4-9H2,1-3H3,(H,12,15). The van der Waals surface area contributed by atoms with Crippen LogP contribution in [0.4, 0.5) is 4.79 Å². The number of amides is 2. The molecule has 94 valence electrons. The number of urea groups is 1. The molecule has 0 heterocycles. The van der Waals surface area contributed by atoms with Crippen LogP contribution in [0.15, 0.2) is 0 Å². The van der Waals surface area contributed by atoms with E-state index in [1.54, 1.807) is 14.0 Å². The van der Waals surface area contributed by atoms with Gasteiger partial charge in [-0.3, -0.25) is 4.79 Å². The normalized spacial score (nSPS) is 9.69. The number of hydrogen-bond donors (Lipinski definition) is 1. The third-order valence-electron chi connectivity index (χ3n) is 2.11. The minimum Gasteiger partial charge on any atom is -0.466 e. The zero-order valence-electron chi connectivity index (χ0n) is 10.4. The summed E-state index contributed by atoms with van der Waals surface area (Å²) in [6, 6.07) is -0.141. The summed E-state index contributed by atoms with van der Waals surface area (Å²) in [5.41, 5.74) is 0. The lowest BCUT2D eigenvalue weighted by Crippen LogP contribution is -2.38. The zero-order chi connectivity index (χ0) is 12.4. The summed E-state index contributed by atoms with van der Waals surface area (Å²) < 4.78 is 4.77. The van der Waals surface area contributed by atoms with Crippen molar-refractivity contribution in [3.8, 4) is 0 Å². The summed E-state index contributed by atoms with van der Waals surface area (Å²) >= 11 is 0. The molecule has 0 aromatic heterocycles. The summed E-state index contributed by atoms with van der Waals surface area (Å²) in [5, 5.41) is 2.77. The van der Waals surface area contributed by atoms with Crippen molar-refractivity contribution in [2.75, 3.05) is 26.7 Å². The second-order valence-corrected chi connectivity index (χ2v) is 3.56. The monoisotopic (exact) mass is 230 g/mol. The van der Waals surface area contributed by atoms with Gasteiger partial charge in [0.25, 0.3) is 0 Å². The highest BCUT2D eigenvalue weighted by molar-refractivity contribution is 5.75. The van der Waals surface area contributed by atoms with Gasteiger partial charge in [-0.25, -0.2) is 4.79 Å². The molecule has 2 amide bonds. The summed E-state index contributed by atoms with van der Waals surface area (Å²) in [5.74, 6) is -0.268. The Bertz CT molecular complexity index is 219. The molecule has 0 unspecified atom stereocenters. The van der Waals surface area contributed by atoms with E-state index in [1.807, 2.05) is 0 Å². The van der Waals surface area contributed by atoms with Crippen LogP contribution in [-0.4, -0.2) is 43.6 Å². The van der Waals surface area contributed by atoms with E-state index < -0.39 is 0 Å². The highest BCUT2D eigenvalue weighted by Gasteiger charge is 2.09. The number of rotatable bonds is 7. The van der Waals surface area contributed by atoms with Crippen LogP contribution in [0.2, 0.25) is 0 Å². The molecule has 0 rings (SSSR count). The molecule has 5 nitrogen and oxygen atoms in total. The van der Waals surface area contributed by atoms with Gasteiger partial charge in [0.15, 0.2) is 0 Å². The van der Waals surface area contributed by atoms with Gasteiger partial charge in [0, 0.05) is 20.1 Å². The van der Waals surface area contributed by atoms with E-state index in [0.29, 0.717) is 19.7 Å². The molecule has 0 bridgehead atoms. The fourth-order valence-corrected chi connectivity index (χ4v) is 1.10. The maximum absolute atomic E-state index is 11.5. The fourth-order valence-electron chi connectivity index (χ4n) is 1.10. The van der Waals surface area contributed by atoms with Gasteiger partial charge in [0.2, 0.25) is 0 Å². The topological polar surface area (TPSA) is 58.6 Å². The first kappa shape index (κ1) is 14.7. The van der Waals surface area contributed by atoms with Crippen LogP contribution in [-0.2, 0) is 9.53 Å². The van der Waals surface area contributed by atoms with Crippen LogP contribution < -0.4 is 5.32 Å². The molecular weight excluding hydrogens is 208 g/mol.